The zero-order valence-electron chi connectivity index (χ0n) is 8.99. The highest BCUT2D eigenvalue weighted by molar-refractivity contribution is 5.41. The van der Waals surface area contributed by atoms with Crippen LogP contribution in [-0.2, 0) is 6.42 Å². The van der Waals surface area contributed by atoms with Gasteiger partial charge in [-0.3, -0.25) is 0 Å². The molecule has 1 aliphatic carbocycles. The first-order chi connectivity index (χ1) is 7.13. The van der Waals surface area contributed by atoms with Crippen LogP contribution in [-0.4, -0.2) is 17.8 Å². The van der Waals surface area contributed by atoms with E-state index in [2.05, 4.69) is 0 Å². The standard InChI is InChI=1S/C12H17NO2/c1-15-11-8-9(2-3-10(11)14)4-5-12(13)6-7-12/h2-3,8,14H,4-7,13H2,1H3. The van der Waals surface area contributed by atoms with Gasteiger partial charge in [0.25, 0.3) is 0 Å². The number of hydrogen-bond acceptors (Lipinski definition) is 3. The van der Waals surface area contributed by atoms with Gasteiger partial charge in [-0.1, -0.05) is 6.07 Å². The third-order valence-corrected chi connectivity index (χ3v) is 3.05. The number of rotatable bonds is 4. The molecule has 0 amide bonds. The second-order valence-electron chi connectivity index (χ2n) is 4.37. The number of nitrogens with two attached hydrogens (primary N) is 1. The highest BCUT2D eigenvalue weighted by atomic mass is 16.5. The number of ether oxygens (including phenoxy) is 1. The van der Waals surface area contributed by atoms with Crippen LogP contribution >= 0.6 is 0 Å². The van der Waals surface area contributed by atoms with Crippen LogP contribution in [0.3, 0.4) is 0 Å². The quantitative estimate of drug-likeness (QED) is 0.791. The Morgan fingerprint density at radius 3 is 2.80 bits per heavy atom. The second-order valence-corrected chi connectivity index (χ2v) is 4.37. The number of phenols is 1. The van der Waals surface area contributed by atoms with Crippen LogP contribution in [0, 0.1) is 0 Å². The van der Waals surface area contributed by atoms with Gasteiger partial charge in [0.05, 0.1) is 7.11 Å². The summed E-state index contributed by atoms with van der Waals surface area (Å²) in [5, 5.41) is 9.43. The van der Waals surface area contributed by atoms with Crippen molar-refractivity contribution in [3.05, 3.63) is 23.8 Å². The number of aromatic hydroxyl groups is 1. The van der Waals surface area contributed by atoms with Gasteiger partial charge in [-0.05, 0) is 43.4 Å². The summed E-state index contributed by atoms with van der Waals surface area (Å²) >= 11 is 0. The van der Waals surface area contributed by atoms with E-state index in [1.807, 2.05) is 12.1 Å². The maximum Gasteiger partial charge on any atom is 0.160 e. The molecule has 0 atom stereocenters. The predicted molar refractivity (Wildman–Crippen MR) is 59.1 cm³/mol. The van der Waals surface area contributed by atoms with E-state index in [0.29, 0.717) is 5.75 Å². The zero-order chi connectivity index (χ0) is 10.9. The average molecular weight is 207 g/mol. The van der Waals surface area contributed by atoms with E-state index in [9.17, 15) is 5.11 Å². The van der Waals surface area contributed by atoms with Crippen molar-refractivity contribution >= 4 is 0 Å². The number of aryl methyl sites for hydroxylation is 1. The molecule has 1 aromatic rings. The molecule has 0 unspecified atom stereocenters. The maximum atomic E-state index is 9.43. The van der Waals surface area contributed by atoms with Crippen LogP contribution in [0.25, 0.3) is 0 Å². The van der Waals surface area contributed by atoms with Crippen molar-refractivity contribution in [3.8, 4) is 11.5 Å². The van der Waals surface area contributed by atoms with E-state index in [0.717, 1.165) is 25.7 Å². The minimum atomic E-state index is 0.0884. The molecule has 3 N–H and O–H groups in total. The summed E-state index contributed by atoms with van der Waals surface area (Å²) in [5.41, 5.74) is 7.27. The molecular formula is C12H17NO2. The SMILES string of the molecule is COc1cc(CCC2(N)CC2)ccc1O. The molecule has 0 heterocycles. The molecule has 3 nitrogen and oxygen atoms in total. The molecule has 0 aromatic heterocycles. The topological polar surface area (TPSA) is 55.5 Å². The van der Waals surface area contributed by atoms with Crippen LogP contribution in [0.5, 0.6) is 11.5 Å². The fraction of sp³-hybridized carbons (Fsp3) is 0.500. The minimum absolute atomic E-state index is 0.0884. The maximum absolute atomic E-state index is 9.43. The van der Waals surface area contributed by atoms with Crippen LogP contribution in [0.1, 0.15) is 24.8 Å². The summed E-state index contributed by atoms with van der Waals surface area (Å²) < 4.78 is 5.05. The summed E-state index contributed by atoms with van der Waals surface area (Å²) in [4.78, 5) is 0. The van der Waals surface area contributed by atoms with Crippen molar-refractivity contribution in [2.24, 2.45) is 5.73 Å². The fourth-order valence-corrected chi connectivity index (χ4v) is 1.68. The molecule has 0 saturated heterocycles. The summed E-state index contributed by atoms with van der Waals surface area (Å²) in [7, 11) is 1.56. The molecule has 3 heteroatoms. The Labute approximate surface area is 89.9 Å². The Hall–Kier alpha value is -1.22. The molecule has 15 heavy (non-hydrogen) atoms. The number of hydrogen-bond donors (Lipinski definition) is 2. The molecule has 0 aliphatic heterocycles. The highest BCUT2D eigenvalue weighted by Gasteiger charge is 2.37. The van der Waals surface area contributed by atoms with E-state index >= 15 is 0 Å². The van der Waals surface area contributed by atoms with E-state index in [1.165, 1.54) is 5.56 Å². The average Bonchev–Trinajstić information content (AvgIpc) is 2.96. The Morgan fingerprint density at radius 2 is 2.20 bits per heavy atom. The van der Waals surface area contributed by atoms with E-state index in [1.54, 1.807) is 13.2 Å². The molecule has 1 fully saturated rings. The molecule has 0 spiro atoms. The van der Waals surface area contributed by atoms with Crippen molar-refractivity contribution < 1.29 is 9.84 Å². The van der Waals surface area contributed by atoms with Crippen molar-refractivity contribution in [2.45, 2.75) is 31.2 Å². The van der Waals surface area contributed by atoms with Crippen molar-refractivity contribution in [1.82, 2.24) is 0 Å². The number of benzene rings is 1. The lowest BCUT2D eigenvalue weighted by Crippen LogP contribution is -2.22. The molecule has 0 bridgehead atoms. The van der Waals surface area contributed by atoms with Crippen LogP contribution in [0.4, 0.5) is 0 Å². The summed E-state index contributed by atoms with van der Waals surface area (Å²) in [5.74, 6) is 0.726. The summed E-state index contributed by atoms with van der Waals surface area (Å²) in [6.07, 6.45) is 4.25. The van der Waals surface area contributed by atoms with Gasteiger partial charge in [-0.25, -0.2) is 0 Å². The Bertz CT molecular complexity index is 359. The van der Waals surface area contributed by atoms with E-state index < -0.39 is 0 Å². The van der Waals surface area contributed by atoms with Crippen LogP contribution < -0.4 is 10.5 Å². The number of phenolic OH excluding ortho intramolecular Hbond substituents is 1. The van der Waals surface area contributed by atoms with Gasteiger partial charge in [0, 0.05) is 5.54 Å². The van der Waals surface area contributed by atoms with Gasteiger partial charge in [-0.15, -0.1) is 0 Å². The largest absolute Gasteiger partial charge is 0.504 e. The van der Waals surface area contributed by atoms with Crippen molar-refractivity contribution in [2.75, 3.05) is 7.11 Å². The lowest BCUT2D eigenvalue weighted by atomic mass is 10.0. The zero-order valence-corrected chi connectivity index (χ0v) is 8.99. The van der Waals surface area contributed by atoms with Gasteiger partial charge < -0.3 is 15.6 Å². The second kappa shape index (κ2) is 3.74. The molecule has 82 valence electrons. The van der Waals surface area contributed by atoms with Gasteiger partial charge in [0.1, 0.15) is 0 Å². The van der Waals surface area contributed by atoms with Crippen LogP contribution in [0.15, 0.2) is 18.2 Å². The summed E-state index contributed by atoms with van der Waals surface area (Å²) in [6.45, 7) is 0. The number of methoxy groups -OCH3 is 1. The Morgan fingerprint density at radius 1 is 1.47 bits per heavy atom. The van der Waals surface area contributed by atoms with Crippen molar-refractivity contribution in [3.63, 3.8) is 0 Å². The first kappa shape index (κ1) is 10.3. The highest BCUT2D eigenvalue weighted by Crippen LogP contribution is 2.37. The first-order valence-corrected chi connectivity index (χ1v) is 5.28. The monoisotopic (exact) mass is 207 g/mol. The molecule has 0 radical (unpaired) electrons. The summed E-state index contributed by atoms with van der Waals surface area (Å²) in [6, 6.07) is 5.47. The normalized spacial score (nSPS) is 17.5. The Balaban J connectivity index is 2.01. The molecular weight excluding hydrogens is 190 g/mol. The fourth-order valence-electron chi connectivity index (χ4n) is 1.68. The van der Waals surface area contributed by atoms with Gasteiger partial charge in [0.2, 0.25) is 0 Å². The lowest BCUT2D eigenvalue weighted by Gasteiger charge is -2.09. The first-order valence-electron chi connectivity index (χ1n) is 5.28. The van der Waals surface area contributed by atoms with Crippen molar-refractivity contribution in [1.29, 1.82) is 0 Å². The van der Waals surface area contributed by atoms with Gasteiger partial charge in [0.15, 0.2) is 11.5 Å². The third-order valence-electron chi connectivity index (χ3n) is 3.05. The Kier molecular flexibility index (Phi) is 2.57. The van der Waals surface area contributed by atoms with E-state index in [4.69, 9.17) is 10.5 Å². The smallest absolute Gasteiger partial charge is 0.160 e. The predicted octanol–water partition coefficient (Wildman–Crippen LogP) is 1.82. The molecule has 1 aromatic carbocycles. The van der Waals surface area contributed by atoms with Gasteiger partial charge in [-0.2, -0.15) is 0 Å². The lowest BCUT2D eigenvalue weighted by molar-refractivity contribution is 0.373. The molecule has 1 saturated carbocycles. The van der Waals surface area contributed by atoms with E-state index in [-0.39, 0.29) is 11.3 Å². The van der Waals surface area contributed by atoms with Crippen LogP contribution in [0.2, 0.25) is 0 Å². The third kappa shape index (κ3) is 2.42. The molecule has 2 rings (SSSR count). The molecule has 1 aliphatic rings. The minimum Gasteiger partial charge on any atom is -0.504 e. The van der Waals surface area contributed by atoms with Gasteiger partial charge >= 0.3 is 0 Å².